The van der Waals surface area contributed by atoms with Crippen LogP contribution in [0.1, 0.15) is 104 Å². The second kappa shape index (κ2) is 18.9. The van der Waals surface area contributed by atoms with Crippen LogP contribution in [0, 0.1) is 5.92 Å². The van der Waals surface area contributed by atoms with Gasteiger partial charge in [0.15, 0.2) is 0 Å². The van der Waals surface area contributed by atoms with Crippen molar-refractivity contribution < 1.29 is 9.53 Å². The molecule has 1 fully saturated rings. The Bertz CT molecular complexity index is 444. The first-order chi connectivity index (χ1) is 14.3. The van der Waals surface area contributed by atoms with Gasteiger partial charge in [0, 0.05) is 18.9 Å². The van der Waals surface area contributed by atoms with E-state index in [0.717, 1.165) is 32.4 Å². The maximum absolute atomic E-state index is 11.9. The summed E-state index contributed by atoms with van der Waals surface area (Å²) in [4.78, 5) is 14.4. The van der Waals surface area contributed by atoms with E-state index in [1.54, 1.807) is 0 Å². The molecule has 0 spiro atoms. The van der Waals surface area contributed by atoms with Gasteiger partial charge in [0.25, 0.3) is 0 Å². The summed E-state index contributed by atoms with van der Waals surface area (Å²) in [6, 6.07) is 0. The Labute approximate surface area is 181 Å². The Kier molecular flexibility index (Phi) is 16.9. The lowest BCUT2D eigenvalue weighted by atomic mass is 9.99. The van der Waals surface area contributed by atoms with Gasteiger partial charge in [-0.2, -0.15) is 0 Å². The number of likely N-dealkylation sites (tertiary alicyclic amines) is 1. The van der Waals surface area contributed by atoms with Crippen LogP contribution in [0.5, 0.6) is 0 Å². The number of esters is 1. The van der Waals surface area contributed by atoms with Gasteiger partial charge >= 0.3 is 5.97 Å². The minimum atomic E-state index is 0.00399. The quantitative estimate of drug-likeness (QED) is 0.147. The summed E-state index contributed by atoms with van der Waals surface area (Å²) in [7, 11) is 0. The highest BCUT2D eigenvalue weighted by atomic mass is 16.5. The molecule has 3 heteroatoms. The summed E-state index contributed by atoms with van der Waals surface area (Å²) in [6.07, 6.45) is 25.6. The fourth-order valence-corrected chi connectivity index (χ4v) is 3.94. The Morgan fingerprint density at radius 3 is 2.34 bits per heavy atom. The highest BCUT2D eigenvalue weighted by molar-refractivity contribution is 5.69. The maximum Gasteiger partial charge on any atom is 0.305 e. The van der Waals surface area contributed by atoms with Crippen molar-refractivity contribution in [2.75, 3.05) is 26.2 Å². The molecule has 1 aliphatic rings. The molecule has 1 atom stereocenters. The smallest absolute Gasteiger partial charge is 0.305 e. The monoisotopic (exact) mass is 405 g/mol. The van der Waals surface area contributed by atoms with Crippen LogP contribution >= 0.6 is 0 Å². The molecule has 0 N–H and O–H groups in total. The van der Waals surface area contributed by atoms with E-state index in [9.17, 15) is 4.79 Å². The summed E-state index contributed by atoms with van der Waals surface area (Å²) >= 11 is 0. The summed E-state index contributed by atoms with van der Waals surface area (Å²) in [5.41, 5.74) is 0. The van der Waals surface area contributed by atoms with E-state index in [-0.39, 0.29) is 5.97 Å². The molecule has 0 radical (unpaired) electrons. The van der Waals surface area contributed by atoms with Crippen molar-refractivity contribution in [2.24, 2.45) is 5.92 Å². The van der Waals surface area contributed by atoms with Crippen LogP contribution in [0.2, 0.25) is 0 Å². The normalized spacial score (nSPS) is 18.1. The van der Waals surface area contributed by atoms with Crippen LogP contribution in [0.4, 0.5) is 0 Å². The third-order valence-electron chi connectivity index (χ3n) is 5.86. The second-order valence-corrected chi connectivity index (χ2v) is 8.57. The van der Waals surface area contributed by atoms with E-state index >= 15 is 0 Å². The number of unbranched alkanes of at least 4 members (excludes halogenated alkanes) is 8. The highest BCUT2D eigenvalue weighted by Crippen LogP contribution is 2.17. The number of rotatable bonds is 17. The minimum absolute atomic E-state index is 0.00399. The van der Waals surface area contributed by atoms with Gasteiger partial charge in [0.1, 0.15) is 0 Å². The number of nitrogens with zero attached hydrogens (tertiary/aromatic N) is 1. The Morgan fingerprint density at radius 2 is 1.62 bits per heavy atom. The fraction of sp³-hybridized carbons (Fsp3) is 0.808. The molecule has 168 valence electrons. The van der Waals surface area contributed by atoms with E-state index in [4.69, 9.17) is 4.74 Å². The van der Waals surface area contributed by atoms with Gasteiger partial charge in [-0.1, -0.05) is 70.3 Å². The van der Waals surface area contributed by atoms with E-state index in [1.807, 2.05) is 0 Å². The number of allylic oxidation sites excluding steroid dienone is 4. The number of carbonyl (C=O) groups excluding carboxylic acids is 1. The van der Waals surface area contributed by atoms with Gasteiger partial charge in [-0.3, -0.25) is 4.79 Å². The van der Waals surface area contributed by atoms with Gasteiger partial charge in [-0.05, 0) is 64.5 Å². The van der Waals surface area contributed by atoms with Gasteiger partial charge in [-0.25, -0.2) is 0 Å². The molecular formula is C26H47NO2. The molecule has 1 rings (SSSR count). The lowest BCUT2D eigenvalue weighted by Gasteiger charge is -2.31. The van der Waals surface area contributed by atoms with Crippen LogP contribution in [0.15, 0.2) is 24.3 Å². The van der Waals surface area contributed by atoms with E-state index in [0.29, 0.717) is 18.9 Å². The van der Waals surface area contributed by atoms with Gasteiger partial charge in [0.2, 0.25) is 0 Å². The molecular weight excluding hydrogens is 358 g/mol. The topological polar surface area (TPSA) is 29.5 Å². The first-order valence-corrected chi connectivity index (χ1v) is 12.4. The van der Waals surface area contributed by atoms with Crippen molar-refractivity contribution in [1.82, 2.24) is 4.90 Å². The largest absolute Gasteiger partial charge is 0.465 e. The number of piperidine rings is 1. The van der Waals surface area contributed by atoms with Crippen LogP contribution in [0.3, 0.4) is 0 Å². The molecule has 0 aromatic heterocycles. The third-order valence-corrected chi connectivity index (χ3v) is 5.86. The summed E-state index contributed by atoms with van der Waals surface area (Å²) in [6.45, 7) is 8.48. The van der Waals surface area contributed by atoms with Crippen LogP contribution < -0.4 is 0 Å². The molecule has 0 aromatic rings. The molecule has 0 aromatic carbocycles. The molecule has 0 amide bonds. The zero-order chi connectivity index (χ0) is 21.0. The van der Waals surface area contributed by atoms with Crippen molar-refractivity contribution in [2.45, 2.75) is 104 Å². The van der Waals surface area contributed by atoms with Gasteiger partial charge < -0.3 is 9.64 Å². The molecule has 0 aliphatic carbocycles. The molecule has 1 aliphatic heterocycles. The zero-order valence-electron chi connectivity index (χ0n) is 19.4. The lowest BCUT2D eigenvalue weighted by molar-refractivity contribution is -0.145. The van der Waals surface area contributed by atoms with Crippen molar-refractivity contribution in [3.05, 3.63) is 24.3 Å². The Hall–Kier alpha value is -1.09. The average Bonchev–Trinajstić information content (AvgIpc) is 2.75. The maximum atomic E-state index is 11.9. The minimum Gasteiger partial charge on any atom is -0.465 e. The highest BCUT2D eigenvalue weighted by Gasteiger charge is 2.19. The molecule has 0 saturated carbocycles. The third kappa shape index (κ3) is 15.4. The van der Waals surface area contributed by atoms with Crippen LogP contribution in [-0.4, -0.2) is 37.1 Å². The van der Waals surface area contributed by atoms with Crippen LogP contribution in [0.25, 0.3) is 0 Å². The summed E-state index contributed by atoms with van der Waals surface area (Å²) in [5.74, 6) is 0.543. The fourth-order valence-electron chi connectivity index (χ4n) is 3.94. The first kappa shape index (κ1) is 25.9. The molecule has 0 unspecified atom stereocenters. The van der Waals surface area contributed by atoms with E-state index in [2.05, 4.69) is 43.1 Å². The Balaban J connectivity index is 1.86. The number of hydrogen-bond acceptors (Lipinski definition) is 3. The predicted octanol–water partition coefficient (Wildman–Crippen LogP) is 7.08. The molecule has 1 saturated heterocycles. The summed E-state index contributed by atoms with van der Waals surface area (Å²) < 4.78 is 5.51. The summed E-state index contributed by atoms with van der Waals surface area (Å²) in [5, 5.41) is 0. The number of ether oxygens (including phenoxy) is 1. The molecule has 1 heterocycles. The van der Waals surface area contributed by atoms with Crippen molar-refractivity contribution in [3.63, 3.8) is 0 Å². The predicted molar refractivity (Wildman–Crippen MR) is 125 cm³/mol. The van der Waals surface area contributed by atoms with Crippen molar-refractivity contribution in [1.29, 1.82) is 0 Å². The van der Waals surface area contributed by atoms with E-state index in [1.165, 1.54) is 70.8 Å². The molecule has 29 heavy (non-hydrogen) atoms. The first-order valence-electron chi connectivity index (χ1n) is 12.4. The SMILES string of the molecule is CCCCC/C=C\C/C=C\CCCCCCCC(=O)OC[C@H]1CCCN(CC)C1. The number of carbonyl (C=O) groups is 1. The van der Waals surface area contributed by atoms with Crippen molar-refractivity contribution >= 4 is 5.97 Å². The standard InChI is InChI=1S/C26H47NO2/c1-3-5-6-7-8-9-10-11-12-13-14-15-16-17-18-21-26(28)29-24-25-20-19-22-27(4-2)23-25/h8-9,11-12,25H,3-7,10,13-24H2,1-2H3/b9-8-,12-11-/t25-/m0/s1. The molecule has 3 nitrogen and oxygen atoms in total. The van der Waals surface area contributed by atoms with Crippen molar-refractivity contribution in [3.8, 4) is 0 Å². The lowest BCUT2D eigenvalue weighted by Crippen LogP contribution is -2.37. The van der Waals surface area contributed by atoms with Crippen LogP contribution in [-0.2, 0) is 9.53 Å². The molecule has 0 bridgehead atoms. The van der Waals surface area contributed by atoms with Gasteiger partial charge in [-0.15, -0.1) is 0 Å². The average molecular weight is 406 g/mol. The zero-order valence-corrected chi connectivity index (χ0v) is 19.4. The number of hydrogen-bond donors (Lipinski definition) is 0. The van der Waals surface area contributed by atoms with Gasteiger partial charge in [0.05, 0.1) is 6.61 Å². The Morgan fingerprint density at radius 1 is 0.931 bits per heavy atom. The van der Waals surface area contributed by atoms with E-state index < -0.39 is 0 Å². The second-order valence-electron chi connectivity index (χ2n) is 8.57.